The topological polar surface area (TPSA) is 104 Å². The van der Waals surface area contributed by atoms with Gasteiger partial charge in [-0.1, -0.05) is 6.92 Å². The van der Waals surface area contributed by atoms with Crippen LogP contribution < -0.4 is 16.6 Å². The van der Waals surface area contributed by atoms with Gasteiger partial charge in [0, 0.05) is 13.0 Å². The van der Waals surface area contributed by atoms with Crippen molar-refractivity contribution >= 4 is 11.9 Å². The van der Waals surface area contributed by atoms with Crippen LogP contribution in [0.5, 0.6) is 0 Å². The highest BCUT2D eigenvalue weighted by Crippen LogP contribution is 1.95. The summed E-state index contributed by atoms with van der Waals surface area (Å²) in [4.78, 5) is 20.9. The predicted octanol–water partition coefficient (Wildman–Crippen LogP) is -1.18. The number of amides is 1. The van der Waals surface area contributed by atoms with E-state index in [2.05, 4.69) is 10.9 Å². The molecule has 0 aromatic heterocycles. The zero-order chi connectivity index (χ0) is 10.3. The quantitative estimate of drug-likeness (QED) is 0.377. The van der Waals surface area contributed by atoms with E-state index in [0.717, 1.165) is 0 Å². The molecule has 6 nitrogen and oxygen atoms in total. The number of aliphatic carboxylic acids is 1. The fourth-order valence-corrected chi connectivity index (χ4v) is 0.769. The Balaban J connectivity index is 3.80. The number of hydrogen-bond donors (Lipinski definition) is 4. The van der Waals surface area contributed by atoms with Gasteiger partial charge in [-0.15, -0.1) is 0 Å². The van der Waals surface area contributed by atoms with Gasteiger partial charge in [-0.05, 0) is 6.42 Å². The van der Waals surface area contributed by atoms with Crippen LogP contribution in [0.15, 0.2) is 0 Å². The summed E-state index contributed by atoms with van der Waals surface area (Å²) in [5.41, 5.74) is 10.1. The van der Waals surface area contributed by atoms with Crippen molar-refractivity contribution in [3.63, 3.8) is 0 Å². The number of carboxylic acid groups (broad SMARTS) is 1. The molecule has 0 aliphatic carbocycles. The van der Waals surface area contributed by atoms with Crippen LogP contribution >= 0.6 is 0 Å². The maximum Gasteiger partial charge on any atom is 0.322 e. The van der Waals surface area contributed by atoms with Gasteiger partial charge in [0.1, 0.15) is 6.04 Å². The first-order valence-corrected chi connectivity index (χ1v) is 4.07. The number of hydrazine groups is 1. The van der Waals surface area contributed by atoms with Crippen molar-refractivity contribution in [1.82, 2.24) is 10.9 Å². The average Bonchev–Trinajstić information content (AvgIpc) is 2.03. The van der Waals surface area contributed by atoms with Crippen molar-refractivity contribution in [3.05, 3.63) is 0 Å². The van der Waals surface area contributed by atoms with Gasteiger partial charge < -0.3 is 10.8 Å². The van der Waals surface area contributed by atoms with E-state index in [1.807, 2.05) is 6.92 Å². The Morgan fingerprint density at radius 3 is 2.54 bits per heavy atom. The number of nitrogens with two attached hydrogens (primary N) is 1. The molecule has 13 heavy (non-hydrogen) atoms. The zero-order valence-electron chi connectivity index (χ0n) is 7.54. The third kappa shape index (κ3) is 6.06. The monoisotopic (exact) mass is 189 g/mol. The fraction of sp³-hybridized carbons (Fsp3) is 0.714. The number of carboxylic acids is 1. The maximum atomic E-state index is 10.6. The van der Waals surface area contributed by atoms with E-state index >= 15 is 0 Å². The molecule has 0 saturated heterocycles. The van der Waals surface area contributed by atoms with Crippen molar-refractivity contribution in [3.8, 4) is 0 Å². The van der Waals surface area contributed by atoms with Gasteiger partial charge >= 0.3 is 5.97 Å². The van der Waals surface area contributed by atoms with Crippen LogP contribution in [0.1, 0.15) is 19.8 Å². The lowest BCUT2D eigenvalue weighted by Crippen LogP contribution is -2.45. The van der Waals surface area contributed by atoms with E-state index in [-0.39, 0.29) is 12.8 Å². The summed E-state index contributed by atoms with van der Waals surface area (Å²) in [6.07, 6.45) is 0.257. The molecule has 0 spiro atoms. The first-order chi connectivity index (χ1) is 6.07. The summed E-state index contributed by atoms with van der Waals surface area (Å²) in [6.45, 7) is 2.44. The van der Waals surface area contributed by atoms with E-state index in [0.29, 0.717) is 6.54 Å². The molecule has 0 radical (unpaired) electrons. The van der Waals surface area contributed by atoms with Gasteiger partial charge in [-0.3, -0.25) is 15.0 Å². The minimum Gasteiger partial charge on any atom is -0.480 e. The highest BCUT2D eigenvalue weighted by molar-refractivity contribution is 5.77. The van der Waals surface area contributed by atoms with E-state index in [9.17, 15) is 9.59 Å². The predicted molar refractivity (Wildman–Crippen MR) is 46.7 cm³/mol. The summed E-state index contributed by atoms with van der Waals surface area (Å²) in [7, 11) is 0. The van der Waals surface area contributed by atoms with Gasteiger partial charge in [-0.2, -0.15) is 0 Å². The van der Waals surface area contributed by atoms with Crippen LogP contribution in [0.4, 0.5) is 0 Å². The minimum absolute atomic E-state index is 0.0648. The Bertz CT molecular complexity index is 184. The molecule has 0 heterocycles. The Labute approximate surface area is 76.5 Å². The van der Waals surface area contributed by atoms with Crippen molar-refractivity contribution in [2.75, 3.05) is 6.54 Å². The second-order valence-corrected chi connectivity index (χ2v) is 2.57. The van der Waals surface area contributed by atoms with Crippen molar-refractivity contribution in [2.45, 2.75) is 25.8 Å². The summed E-state index contributed by atoms with van der Waals surface area (Å²) in [5.74, 6) is -1.49. The molecular formula is C7H15N3O3. The largest absolute Gasteiger partial charge is 0.480 e. The third-order valence-electron chi connectivity index (χ3n) is 1.43. The molecule has 0 unspecified atom stereocenters. The van der Waals surface area contributed by atoms with Crippen molar-refractivity contribution < 1.29 is 14.7 Å². The molecule has 0 rings (SSSR count). The lowest BCUT2D eigenvalue weighted by atomic mass is 10.1. The second-order valence-electron chi connectivity index (χ2n) is 2.57. The number of nitrogens with one attached hydrogen (secondary N) is 2. The van der Waals surface area contributed by atoms with Crippen LogP contribution in [-0.2, 0) is 9.59 Å². The molecule has 0 fully saturated rings. The maximum absolute atomic E-state index is 10.6. The van der Waals surface area contributed by atoms with Crippen LogP contribution in [0.2, 0.25) is 0 Å². The summed E-state index contributed by atoms with van der Waals surface area (Å²) in [5, 5.41) is 8.66. The molecule has 0 bridgehead atoms. The van der Waals surface area contributed by atoms with Crippen LogP contribution in [0.3, 0.4) is 0 Å². The Morgan fingerprint density at radius 1 is 1.54 bits per heavy atom. The minimum atomic E-state index is -0.998. The summed E-state index contributed by atoms with van der Waals surface area (Å²) >= 11 is 0. The van der Waals surface area contributed by atoms with Crippen molar-refractivity contribution in [2.24, 2.45) is 5.73 Å². The molecule has 1 atom stereocenters. The molecule has 0 aliphatic rings. The number of carbonyl (C=O) groups excluding carboxylic acids is 1. The SMILES string of the molecule is CCNN[C@@H](CCC(N)=O)C(=O)O. The molecule has 0 aromatic rings. The normalized spacial score (nSPS) is 12.4. The highest BCUT2D eigenvalue weighted by atomic mass is 16.4. The molecule has 0 saturated carbocycles. The van der Waals surface area contributed by atoms with E-state index in [4.69, 9.17) is 10.8 Å². The van der Waals surface area contributed by atoms with Gasteiger partial charge in [0.15, 0.2) is 0 Å². The first-order valence-electron chi connectivity index (χ1n) is 4.07. The van der Waals surface area contributed by atoms with Crippen LogP contribution in [-0.4, -0.2) is 29.6 Å². The smallest absolute Gasteiger partial charge is 0.322 e. The molecular weight excluding hydrogens is 174 g/mol. The zero-order valence-corrected chi connectivity index (χ0v) is 7.54. The Hall–Kier alpha value is -1.14. The van der Waals surface area contributed by atoms with Crippen molar-refractivity contribution in [1.29, 1.82) is 0 Å². The summed E-state index contributed by atoms with van der Waals surface area (Å²) in [6, 6.07) is -0.771. The third-order valence-corrected chi connectivity index (χ3v) is 1.43. The lowest BCUT2D eigenvalue weighted by Gasteiger charge is -2.13. The van der Waals surface area contributed by atoms with Gasteiger partial charge in [0.2, 0.25) is 5.91 Å². The standard InChI is InChI=1S/C7H15N3O3/c1-2-9-10-5(7(12)13)3-4-6(8)11/h5,9-10H,2-4H2,1H3,(H2,8,11)(H,12,13)/t5-/m0/s1. The molecule has 5 N–H and O–H groups in total. The van der Waals surface area contributed by atoms with E-state index in [1.54, 1.807) is 0 Å². The van der Waals surface area contributed by atoms with Gasteiger partial charge in [-0.25, -0.2) is 5.43 Å². The van der Waals surface area contributed by atoms with Gasteiger partial charge in [0.25, 0.3) is 0 Å². The van der Waals surface area contributed by atoms with E-state index < -0.39 is 17.9 Å². The molecule has 76 valence electrons. The Kier molecular flexibility index (Phi) is 5.82. The van der Waals surface area contributed by atoms with Gasteiger partial charge in [0.05, 0.1) is 0 Å². The highest BCUT2D eigenvalue weighted by Gasteiger charge is 2.16. The van der Waals surface area contributed by atoms with Crippen LogP contribution in [0.25, 0.3) is 0 Å². The van der Waals surface area contributed by atoms with E-state index in [1.165, 1.54) is 0 Å². The van der Waals surface area contributed by atoms with Crippen LogP contribution in [0, 0.1) is 0 Å². The number of hydrogen-bond acceptors (Lipinski definition) is 4. The number of primary amides is 1. The Morgan fingerprint density at radius 2 is 2.15 bits per heavy atom. The molecule has 0 aromatic carbocycles. The second kappa shape index (κ2) is 6.38. The number of carbonyl (C=O) groups is 2. The fourth-order valence-electron chi connectivity index (χ4n) is 0.769. The molecule has 6 heteroatoms. The molecule has 1 amide bonds. The number of rotatable bonds is 7. The molecule has 0 aliphatic heterocycles. The summed E-state index contributed by atoms with van der Waals surface area (Å²) < 4.78 is 0. The average molecular weight is 189 g/mol. The lowest BCUT2D eigenvalue weighted by molar-refractivity contribution is -0.140. The first kappa shape index (κ1) is 11.9.